The second kappa shape index (κ2) is 5.83. The number of anilines is 1. The van der Waals surface area contributed by atoms with Crippen LogP contribution in [-0.4, -0.2) is 50.1 Å². The Morgan fingerprint density at radius 3 is 2.33 bits per heavy atom. The van der Waals surface area contributed by atoms with Crippen LogP contribution in [0.2, 0.25) is 0 Å². The van der Waals surface area contributed by atoms with Crippen molar-refractivity contribution in [1.29, 1.82) is 0 Å². The van der Waals surface area contributed by atoms with E-state index < -0.39 is 35.0 Å². The number of carbonyl (C=O) groups excluding carboxylic acids is 2. The third-order valence-electron chi connectivity index (χ3n) is 2.65. The van der Waals surface area contributed by atoms with Gasteiger partial charge in [0.2, 0.25) is 0 Å². The van der Waals surface area contributed by atoms with Gasteiger partial charge in [-0.2, -0.15) is 0 Å². The summed E-state index contributed by atoms with van der Waals surface area (Å²) in [6.07, 6.45) is 0. The third-order valence-corrected chi connectivity index (χ3v) is 3.63. The van der Waals surface area contributed by atoms with Gasteiger partial charge in [0.1, 0.15) is 6.54 Å². The first kappa shape index (κ1) is 14.9. The first-order valence-corrected chi connectivity index (χ1v) is 6.60. The Morgan fingerprint density at radius 1 is 1.19 bits per heavy atom. The number of thioether (sulfide) groups is 1. The first-order valence-electron chi connectivity index (χ1n) is 5.72. The van der Waals surface area contributed by atoms with Crippen LogP contribution in [0, 0.1) is 0 Å². The van der Waals surface area contributed by atoms with Gasteiger partial charge in [-0.05, 0) is 36.0 Å². The van der Waals surface area contributed by atoms with E-state index in [1.54, 1.807) is 0 Å². The maximum absolute atomic E-state index is 11.9. The van der Waals surface area contributed by atoms with Crippen molar-refractivity contribution in [2.24, 2.45) is 0 Å². The van der Waals surface area contributed by atoms with Crippen LogP contribution in [0.15, 0.2) is 24.3 Å². The number of aromatic carboxylic acids is 1. The molecule has 0 saturated carbocycles. The van der Waals surface area contributed by atoms with E-state index >= 15 is 0 Å². The Labute approximate surface area is 122 Å². The predicted molar refractivity (Wildman–Crippen MR) is 73.1 cm³/mol. The molecule has 1 fully saturated rings. The maximum Gasteiger partial charge on any atom is 0.335 e. The van der Waals surface area contributed by atoms with Crippen molar-refractivity contribution in [2.45, 2.75) is 5.37 Å². The highest BCUT2D eigenvalue weighted by Crippen LogP contribution is 2.28. The van der Waals surface area contributed by atoms with Gasteiger partial charge in [-0.1, -0.05) is 0 Å². The van der Waals surface area contributed by atoms with Crippen molar-refractivity contribution in [3.8, 4) is 0 Å². The molecule has 0 spiro atoms. The van der Waals surface area contributed by atoms with Crippen molar-refractivity contribution in [1.82, 2.24) is 4.90 Å². The van der Waals surface area contributed by atoms with Crippen LogP contribution < -0.4 is 5.32 Å². The molecule has 2 rings (SSSR count). The number of nitrogens with one attached hydrogen (secondary N) is 1. The molecule has 0 radical (unpaired) electrons. The molecule has 1 aromatic carbocycles. The molecule has 0 unspecified atom stereocenters. The van der Waals surface area contributed by atoms with Gasteiger partial charge < -0.3 is 15.5 Å². The molecule has 0 aliphatic carbocycles. The molecule has 21 heavy (non-hydrogen) atoms. The third kappa shape index (κ3) is 3.31. The summed E-state index contributed by atoms with van der Waals surface area (Å²) in [5, 5.41) is 18.6. The number of benzene rings is 1. The molecule has 2 amide bonds. The van der Waals surface area contributed by atoms with Crippen LogP contribution in [0.1, 0.15) is 10.4 Å². The van der Waals surface area contributed by atoms with Gasteiger partial charge in [-0.25, -0.2) is 4.79 Å². The molecule has 8 nitrogen and oxygen atoms in total. The number of nitrogens with zero attached hydrogens (tertiary/aromatic N) is 1. The van der Waals surface area contributed by atoms with Crippen LogP contribution in [0.3, 0.4) is 0 Å². The lowest BCUT2D eigenvalue weighted by atomic mass is 10.2. The standard InChI is InChI=1S/C12H10N2O6S/c15-8(16)5-14-10(17)9(21-12(14)20)13-7-3-1-6(2-4-7)11(18)19/h1-4,9,13H,5H2,(H,15,16)(H,18,19)/t9-/m0/s1. The zero-order valence-electron chi connectivity index (χ0n) is 10.5. The van der Waals surface area contributed by atoms with Gasteiger partial charge in [0.15, 0.2) is 5.37 Å². The highest BCUT2D eigenvalue weighted by atomic mass is 32.2. The van der Waals surface area contributed by atoms with E-state index in [1.165, 1.54) is 24.3 Å². The number of carbonyl (C=O) groups is 4. The van der Waals surface area contributed by atoms with E-state index in [1.807, 2.05) is 0 Å². The number of imide groups is 1. The number of amides is 2. The molecule has 1 heterocycles. The van der Waals surface area contributed by atoms with Crippen molar-refractivity contribution < 1.29 is 29.4 Å². The van der Waals surface area contributed by atoms with Crippen molar-refractivity contribution in [3.05, 3.63) is 29.8 Å². The highest BCUT2D eigenvalue weighted by molar-refractivity contribution is 8.15. The fourth-order valence-corrected chi connectivity index (χ4v) is 2.58. The summed E-state index contributed by atoms with van der Waals surface area (Å²) < 4.78 is 0. The average Bonchev–Trinajstić information content (AvgIpc) is 2.67. The molecular weight excluding hydrogens is 300 g/mol. The lowest BCUT2D eigenvalue weighted by Gasteiger charge is -2.12. The SMILES string of the molecule is O=C(O)CN1C(=O)S[C@H](Nc2ccc(C(=O)O)cc2)C1=O. The molecular formula is C12H10N2O6S. The Hall–Kier alpha value is -2.55. The zero-order chi connectivity index (χ0) is 15.6. The summed E-state index contributed by atoms with van der Waals surface area (Å²) in [6, 6.07) is 5.63. The number of aliphatic carboxylic acids is 1. The number of hydrogen-bond donors (Lipinski definition) is 3. The predicted octanol–water partition coefficient (Wildman–Crippen LogP) is 0.903. The summed E-state index contributed by atoms with van der Waals surface area (Å²) in [7, 11) is 0. The lowest BCUT2D eigenvalue weighted by Crippen LogP contribution is -2.37. The smallest absolute Gasteiger partial charge is 0.335 e. The molecule has 9 heteroatoms. The molecule has 1 atom stereocenters. The van der Waals surface area contributed by atoms with Gasteiger partial charge in [-0.3, -0.25) is 19.3 Å². The quantitative estimate of drug-likeness (QED) is 0.733. The van der Waals surface area contributed by atoms with Crippen molar-refractivity contribution in [3.63, 3.8) is 0 Å². The molecule has 110 valence electrons. The Bertz CT molecular complexity index is 615. The average molecular weight is 310 g/mol. The summed E-state index contributed by atoms with van der Waals surface area (Å²) in [5.74, 6) is -2.99. The molecule has 0 bridgehead atoms. The van der Waals surface area contributed by atoms with E-state index in [4.69, 9.17) is 10.2 Å². The fraction of sp³-hybridized carbons (Fsp3) is 0.167. The minimum Gasteiger partial charge on any atom is -0.480 e. The number of carboxylic acids is 2. The molecule has 0 aromatic heterocycles. The maximum atomic E-state index is 11.9. The second-order valence-corrected chi connectivity index (χ2v) is 5.17. The van der Waals surface area contributed by atoms with Gasteiger partial charge in [-0.15, -0.1) is 0 Å². The Kier molecular flexibility index (Phi) is 4.13. The number of rotatable bonds is 5. The van der Waals surface area contributed by atoms with Gasteiger partial charge in [0.25, 0.3) is 11.1 Å². The highest BCUT2D eigenvalue weighted by Gasteiger charge is 2.40. The lowest BCUT2D eigenvalue weighted by molar-refractivity contribution is -0.141. The minimum atomic E-state index is -1.27. The fourth-order valence-electron chi connectivity index (χ4n) is 1.68. The topological polar surface area (TPSA) is 124 Å². The molecule has 3 N–H and O–H groups in total. The monoisotopic (exact) mass is 310 g/mol. The second-order valence-electron chi connectivity index (χ2n) is 4.11. The molecule has 1 aliphatic heterocycles. The van der Waals surface area contributed by atoms with E-state index in [2.05, 4.69) is 5.32 Å². The summed E-state index contributed by atoms with van der Waals surface area (Å²) in [5.41, 5.74) is 0.547. The summed E-state index contributed by atoms with van der Waals surface area (Å²) in [4.78, 5) is 45.4. The van der Waals surface area contributed by atoms with Crippen molar-refractivity contribution >= 4 is 40.5 Å². The van der Waals surface area contributed by atoms with E-state index in [0.29, 0.717) is 22.3 Å². The van der Waals surface area contributed by atoms with Crippen LogP contribution in [0.5, 0.6) is 0 Å². The molecule has 1 saturated heterocycles. The van der Waals surface area contributed by atoms with E-state index in [9.17, 15) is 19.2 Å². The summed E-state index contributed by atoms with van der Waals surface area (Å²) >= 11 is 0.676. The largest absolute Gasteiger partial charge is 0.480 e. The van der Waals surface area contributed by atoms with Gasteiger partial charge in [0, 0.05) is 5.69 Å². The summed E-state index contributed by atoms with van der Waals surface area (Å²) in [6.45, 7) is -0.680. The number of carboxylic acid groups (broad SMARTS) is 2. The molecule has 1 aliphatic rings. The van der Waals surface area contributed by atoms with E-state index in [0.717, 1.165) is 0 Å². The van der Waals surface area contributed by atoms with Crippen LogP contribution in [0.4, 0.5) is 10.5 Å². The van der Waals surface area contributed by atoms with Crippen LogP contribution >= 0.6 is 11.8 Å². The minimum absolute atomic E-state index is 0.0922. The van der Waals surface area contributed by atoms with Crippen LogP contribution in [0.25, 0.3) is 0 Å². The first-order chi connectivity index (χ1) is 9.88. The van der Waals surface area contributed by atoms with E-state index in [-0.39, 0.29) is 5.56 Å². The number of hydrogen-bond acceptors (Lipinski definition) is 6. The van der Waals surface area contributed by atoms with Gasteiger partial charge in [0.05, 0.1) is 5.56 Å². The molecule has 1 aromatic rings. The van der Waals surface area contributed by atoms with Crippen LogP contribution in [-0.2, 0) is 9.59 Å². The normalized spacial score (nSPS) is 17.9. The zero-order valence-corrected chi connectivity index (χ0v) is 11.3. The Balaban J connectivity index is 2.06. The van der Waals surface area contributed by atoms with Crippen molar-refractivity contribution in [2.75, 3.05) is 11.9 Å². The Morgan fingerprint density at radius 2 is 1.81 bits per heavy atom. The van der Waals surface area contributed by atoms with Gasteiger partial charge >= 0.3 is 11.9 Å².